The molecule has 0 saturated carbocycles. The summed E-state index contributed by atoms with van der Waals surface area (Å²) in [6.07, 6.45) is 0. The van der Waals surface area contributed by atoms with Crippen molar-refractivity contribution in [3.8, 4) is 0 Å². The van der Waals surface area contributed by atoms with Crippen LogP contribution in [-0.2, 0) is 0 Å². The Kier molecular flexibility index (Phi) is 2.19. The Morgan fingerprint density at radius 3 is 2.64 bits per heavy atom. The average molecular weight is 167 g/mol. The molecule has 0 aliphatic carbocycles. The first kappa shape index (κ1) is 8.14. The van der Waals surface area contributed by atoms with Crippen LogP contribution in [-0.4, -0.2) is 5.78 Å². The molecule has 0 fully saturated rings. The van der Waals surface area contributed by atoms with Crippen molar-refractivity contribution in [2.75, 3.05) is 5.73 Å². The highest BCUT2D eigenvalue weighted by Gasteiger charge is 2.02. The third-order valence-corrected chi connectivity index (χ3v) is 1.69. The van der Waals surface area contributed by atoms with Gasteiger partial charge in [0.25, 0.3) is 0 Å². The smallest absolute Gasteiger partial charge is 0.161 e. The number of thiol groups is 1. The lowest BCUT2D eigenvalue weighted by atomic mass is 10.1. The largest absolute Gasteiger partial charge is 0.398 e. The number of hydrogen-bond donors (Lipinski definition) is 2. The van der Waals surface area contributed by atoms with E-state index in [9.17, 15) is 4.79 Å². The van der Waals surface area contributed by atoms with Gasteiger partial charge >= 0.3 is 0 Å². The molecule has 0 saturated heterocycles. The number of anilines is 1. The molecule has 0 radical (unpaired) electrons. The Morgan fingerprint density at radius 1 is 1.55 bits per heavy atom. The van der Waals surface area contributed by atoms with Gasteiger partial charge in [-0.1, -0.05) is 0 Å². The molecule has 3 heteroatoms. The molecule has 0 aromatic heterocycles. The summed E-state index contributed by atoms with van der Waals surface area (Å²) in [5.74, 6) is -0.0177. The van der Waals surface area contributed by atoms with Gasteiger partial charge in [0, 0.05) is 16.1 Å². The first-order valence-electron chi connectivity index (χ1n) is 3.20. The Hall–Kier alpha value is -0.960. The maximum atomic E-state index is 10.9. The molecule has 2 nitrogen and oxygen atoms in total. The van der Waals surface area contributed by atoms with Crippen molar-refractivity contribution in [1.82, 2.24) is 0 Å². The second-order valence-electron chi connectivity index (χ2n) is 2.33. The van der Waals surface area contributed by atoms with Gasteiger partial charge in [-0.3, -0.25) is 4.79 Å². The van der Waals surface area contributed by atoms with Crippen LogP contribution in [0.1, 0.15) is 17.3 Å². The lowest BCUT2D eigenvalue weighted by molar-refractivity contribution is 0.101. The zero-order chi connectivity index (χ0) is 8.43. The molecular weight excluding hydrogens is 158 g/mol. The number of carbonyl (C=O) groups is 1. The van der Waals surface area contributed by atoms with E-state index in [0.717, 1.165) is 4.90 Å². The van der Waals surface area contributed by atoms with Crippen LogP contribution in [0, 0.1) is 0 Å². The van der Waals surface area contributed by atoms with E-state index in [1.807, 2.05) is 0 Å². The van der Waals surface area contributed by atoms with Gasteiger partial charge in [0.15, 0.2) is 5.78 Å². The summed E-state index contributed by atoms with van der Waals surface area (Å²) in [4.78, 5) is 11.6. The van der Waals surface area contributed by atoms with Gasteiger partial charge in [-0.05, 0) is 25.1 Å². The maximum Gasteiger partial charge on any atom is 0.161 e. The fraction of sp³-hybridized carbons (Fsp3) is 0.125. The minimum Gasteiger partial charge on any atom is -0.398 e. The van der Waals surface area contributed by atoms with E-state index in [-0.39, 0.29) is 5.78 Å². The van der Waals surface area contributed by atoms with Crippen LogP contribution in [0.4, 0.5) is 5.69 Å². The van der Waals surface area contributed by atoms with Crippen LogP contribution in [0.15, 0.2) is 23.1 Å². The molecule has 1 aromatic rings. The Balaban J connectivity index is 3.20. The summed E-state index contributed by atoms with van der Waals surface area (Å²) in [6, 6.07) is 5.09. The molecule has 58 valence electrons. The minimum atomic E-state index is -0.0177. The topological polar surface area (TPSA) is 43.1 Å². The molecule has 0 unspecified atom stereocenters. The Labute approximate surface area is 70.8 Å². The van der Waals surface area contributed by atoms with E-state index in [1.54, 1.807) is 18.2 Å². The molecule has 1 aromatic carbocycles. The van der Waals surface area contributed by atoms with Gasteiger partial charge in [-0.15, -0.1) is 12.6 Å². The van der Waals surface area contributed by atoms with E-state index >= 15 is 0 Å². The fourth-order valence-electron chi connectivity index (χ4n) is 0.871. The third kappa shape index (κ3) is 1.74. The number of nitrogen functional groups attached to an aromatic ring is 1. The normalized spacial score (nSPS) is 9.64. The summed E-state index contributed by atoms with van der Waals surface area (Å²) < 4.78 is 0. The number of carbonyl (C=O) groups excluding carboxylic acids is 1. The van der Waals surface area contributed by atoms with Gasteiger partial charge in [-0.25, -0.2) is 0 Å². The van der Waals surface area contributed by atoms with E-state index in [1.165, 1.54) is 6.92 Å². The molecule has 0 spiro atoms. The van der Waals surface area contributed by atoms with Crippen molar-refractivity contribution >= 4 is 24.1 Å². The number of benzene rings is 1. The lowest BCUT2D eigenvalue weighted by Crippen LogP contribution is -1.98. The fourth-order valence-corrected chi connectivity index (χ4v) is 1.08. The minimum absolute atomic E-state index is 0.0177. The second kappa shape index (κ2) is 2.96. The second-order valence-corrected chi connectivity index (χ2v) is 2.84. The third-order valence-electron chi connectivity index (χ3n) is 1.41. The quantitative estimate of drug-likeness (QED) is 0.380. The predicted molar refractivity (Wildman–Crippen MR) is 48.1 cm³/mol. The Morgan fingerprint density at radius 2 is 2.18 bits per heavy atom. The number of rotatable bonds is 1. The summed E-state index contributed by atoms with van der Waals surface area (Å²) in [6.45, 7) is 1.49. The van der Waals surface area contributed by atoms with E-state index < -0.39 is 0 Å². The van der Waals surface area contributed by atoms with Crippen LogP contribution in [0.5, 0.6) is 0 Å². The van der Waals surface area contributed by atoms with Gasteiger partial charge in [-0.2, -0.15) is 0 Å². The first-order chi connectivity index (χ1) is 5.11. The highest BCUT2D eigenvalue weighted by atomic mass is 32.1. The summed E-state index contributed by atoms with van der Waals surface area (Å²) in [7, 11) is 0. The molecule has 0 atom stereocenters. The highest BCUT2D eigenvalue weighted by molar-refractivity contribution is 7.80. The van der Waals surface area contributed by atoms with Crippen LogP contribution in [0.25, 0.3) is 0 Å². The first-order valence-corrected chi connectivity index (χ1v) is 3.65. The van der Waals surface area contributed by atoms with Crippen LogP contribution < -0.4 is 5.73 Å². The summed E-state index contributed by atoms with van der Waals surface area (Å²) in [5, 5.41) is 0. The van der Waals surface area contributed by atoms with Crippen molar-refractivity contribution in [2.45, 2.75) is 11.8 Å². The summed E-state index contributed by atoms with van der Waals surface area (Å²) >= 11 is 4.08. The molecule has 1 rings (SSSR count). The molecule has 0 aliphatic heterocycles. The standard InChI is InChI=1S/C8H9NOS/c1-5(10)7-3-2-6(11)4-8(7)9/h2-4,11H,9H2,1H3. The van der Waals surface area contributed by atoms with Gasteiger partial charge in [0.1, 0.15) is 0 Å². The van der Waals surface area contributed by atoms with Gasteiger partial charge in [0.2, 0.25) is 0 Å². The molecule has 11 heavy (non-hydrogen) atoms. The molecular formula is C8H9NOS. The van der Waals surface area contributed by atoms with Crippen molar-refractivity contribution in [2.24, 2.45) is 0 Å². The van der Waals surface area contributed by atoms with Crippen LogP contribution in [0.2, 0.25) is 0 Å². The number of nitrogens with two attached hydrogens (primary N) is 1. The number of hydrogen-bond acceptors (Lipinski definition) is 3. The molecule has 0 aliphatic rings. The average Bonchev–Trinajstić information content (AvgIpc) is 1.85. The van der Waals surface area contributed by atoms with E-state index in [4.69, 9.17) is 5.73 Å². The van der Waals surface area contributed by atoms with Crippen molar-refractivity contribution in [1.29, 1.82) is 0 Å². The van der Waals surface area contributed by atoms with E-state index in [0.29, 0.717) is 11.3 Å². The zero-order valence-electron chi connectivity index (χ0n) is 6.16. The molecule has 2 N–H and O–H groups in total. The van der Waals surface area contributed by atoms with Gasteiger partial charge in [0.05, 0.1) is 0 Å². The summed E-state index contributed by atoms with van der Waals surface area (Å²) in [5.41, 5.74) is 6.60. The van der Waals surface area contributed by atoms with Crippen molar-refractivity contribution in [3.05, 3.63) is 23.8 Å². The number of Topliss-reactive ketones (excluding diaryl/α,β-unsaturated/α-hetero) is 1. The van der Waals surface area contributed by atoms with Crippen molar-refractivity contribution < 1.29 is 4.79 Å². The maximum absolute atomic E-state index is 10.9. The Bertz CT molecular complexity index is 296. The van der Waals surface area contributed by atoms with E-state index in [2.05, 4.69) is 12.6 Å². The zero-order valence-corrected chi connectivity index (χ0v) is 7.06. The van der Waals surface area contributed by atoms with Crippen LogP contribution in [0.3, 0.4) is 0 Å². The monoisotopic (exact) mass is 167 g/mol. The van der Waals surface area contributed by atoms with Crippen molar-refractivity contribution in [3.63, 3.8) is 0 Å². The molecule has 0 amide bonds. The SMILES string of the molecule is CC(=O)c1ccc(S)cc1N. The number of ketones is 1. The molecule has 0 bridgehead atoms. The predicted octanol–water partition coefficient (Wildman–Crippen LogP) is 1.76. The highest BCUT2D eigenvalue weighted by Crippen LogP contribution is 2.16. The van der Waals surface area contributed by atoms with Gasteiger partial charge < -0.3 is 5.73 Å². The van der Waals surface area contributed by atoms with Crippen LogP contribution >= 0.6 is 12.6 Å². The lowest BCUT2D eigenvalue weighted by Gasteiger charge is -2.00. The molecule has 0 heterocycles.